The van der Waals surface area contributed by atoms with Gasteiger partial charge in [-0.05, 0) is 12.5 Å². The lowest BCUT2D eigenvalue weighted by molar-refractivity contribution is -0.385. The van der Waals surface area contributed by atoms with E-state index in [4.69, 9.17) is 15.2 Å². The third-order valence-corrected chi connectivity index (χ3v) is 2.64. The number of nitro groups is 1. The molecule has 0 aliphatic carbocycles. The van der Waals surface area contributed by atoms with Gasteiger partial charge in [-0.25, -0.2) is 0 Å². The average Bonchev–Trinajstić information content (AvgIpc) is 2.27. The van der Waals surface area contributed by atoms with E-state index in [0.29, 0.717) is 12.0 Å². The molecule has 0 radical (unpaired) electrons. The summed E-state index contributed by atoms with van der Waals surface area (Å²) >= 11 is 0. The van der Waals surface area contributed by atoms with E-state index in [9.17, 15) is 10.1 Å². The highest BCUT2D eigenvalue weighted by molar-refractivity contribution is 5.35. The number of benzene rings is 1. The van der Waals surface area contributed by atoms with Crippen LogP contribution >= 0.6 is 0 Å². The molecule has 17 heavy (non-hydrogen) atoms. The van der Waals surface area contributed by atoms with Crippen molar-refractivity contribution < 1.29 is 14.4 Å². The number of non-ortho nitro benzene ring substituents is 1. The molecule has 2 N–H and O–H groups in total. The summed E-state index contributed by atoms with van der Waals surface area (Å²) in [5, 5.41) is 10.6. The van der Waals surface area contributed by atoms with Crippen molar-refractivity contribution in [2.24, 2.45) is 5.73 Å². The second-order valence-corrected chi connectivity index (χ2v) is 3.96. The molecule has 1 heterocycles. The van der Waals surface area contributed by atoms with Gasteiger partial charge in [0.25, 0.3) is 5.69 Å². The number of nitro benzene ring substituents is 1. The first-order valence-electron chi connectivity index (χ1n) is 5.37. The second-order valence-electron chi connectivity index (χ2n) is 3.96. The first kappa shape index (κ1) is 12.0. The molecule has 1 aromatic rings. The number of ether oxygens (including phenoxy) is 2. The summed E-state index contributed by atoms with van der Waals surface area (Å²) in [5.41, 5.74) is 6.69. The van der Waals surface area contributed by atoms with Gasteiger partial charge >= 0.3 is 0 Å². The van der Waals surface area contributed by atoms with E-state index in [-0.39, 0.29) is 24.3 Å². The average molecular weight is 238 g/mol. The number of hydrogen-bond acceptors (Lipinski definition) is 5. The fraction of sp³-hybridized carbons (Fsp3) is 0.455. The van der Waals surface area contributed by atoms with Gasteiger partial charge in [-0.15, -0.1) is 0 Å². The molecule has 1 saturated heterocycles. The standard InChI is InChI=1S/C11H14N2O4/c1-7-16-11(17-7)6-10(12)8-3-2-4-9(5-8)13(14)15/h2-5,7,10-11H,6,12H2,1H3/t7?,10-,11?/m1/s1. The summed E-state index contributed by atoms with van der Waals surface area (Å²) in [4.78, 5) is 10.2. The van der Waals surface area contributed by atoms with E-state index < -0.39 is 4.92 Å². The molecular weight excluding hydrogens is 224 g/mol. The van der Waals surface area contributed by atoms with Crippen molar-refractivity contribution in [3.05, 3.63) is 39.9 Å². The van der Waals surface area contributed by atoms with Crippen LogP contribution in [0, 0.1) is 10.1 Å². The Kier molecular flexibility index (Phi) is 3.37. The summed E-state index contributed by atoms with van der Waals surface area (Å²) in [6, 6.07) is 5.98. The van der Waals surface area contributed by atoms with Crippen molar-refractivity contribution >= 4 is 5.69 Å². The highest BCUT2D eigenvalue weighted by atomic mass is 16.9. The van der Waals surface area contributed by atoms with Crippen LogP contribution < -0.4 is 5.73 Å². The Labute approximate surface area is 98.5 Å². The molecule has 1 fully saturated rings. The largest absolute Gasteiger partial charge is 0.324 e. The Balaban J connectivity index is 2.00. The molecule has 92 valence electrons. The van der Waals surface area contributed by atoms with Gasteiger partial charge in [-0.2, -0.15) is 0 Å². The molecular formula is C11H14N2O4. The van der Waals surface area contributed by atoms with Gasteiger partial charge in [0.05, 0.1) is 4.92 Å². The van der Waals surface area contributed by atoms with Crippen LogP contribution in [0.25, 0.3) is 0 Å². The van der Waals surface area contributed by atoms with Crippen LogP contribution in [0.5, 0.6) is 0 Å². The monoisotopic (exact) mass is 238 g/mol. The Morgan fingerprint density at radius 1 is 1.53 bits per heavy atom. The minimum Gasteiger partial charge on any atom is -0.324 e. The van der Waals surface area contributed by atoms with E-state index in [1.165, 1.54) is 12.1 Å². The Bertz CT molecular complexity index is 418. The summed E-state index contributed by atoms with van der Waals surface area (Å²) in [5.74, 6) is 0. The van der Waals surface area contributed by atoms with Crippen LogP contribution in [0.2, 0.25) is 0 Å². The number of hydrogen-bond donors (Lipinski definition) is 1. The maximum absolute atomic E-state index is 10.6. The SMILES string of the molecule is CC1OC(C[C@@H](N)c2cccc([N+](=O)[O-])c2)O1. The topological polar surface area (TPSA) is 87.6 Å². The fourth-order valence-electron chi connectivity index (χ4n) is 1.76. The Morgan fingerprint density at radius 2 is 2.24 bits per heavy atom. The second kappa shape index (κ2) is 4.79. The van der Waals surface area contributed by atoms with Crippen LogP contribution in [0.3, 0.4) is 0 Å². The van der Waals surface area contributed by atoms with Gasteiger partial charge in [-0.1, -0.05) is 12.1 Å². The zero-order chi connectivity index (χ0) is 12.4. The van der Waals surface area contributed by atoms with Crippen molar-refractivity contribution in [3.8, 4) is 0 Å². The molecule has 6 heteroatoms. The molecule has 0 unspecified atom stereocenters. The third-order valence-electron chi connectivity index (χ3n) is 2.64. The zero-order valence-electron chi connectivity index (χ0n) is 9.41. The quantitative estimate of drug-likeness (QED) is 0.637. The van der Waals surface area contributed by atoms with E-state index in [0.717, 1.165) is 0 Å². The molecule has 0 amide bonds. The van der Waals surface area contributed by atoms with Crippen molar-refractivity contribution in [3.63, 3.8) is 0 Å². The van der Waals surface area contributed by atoms with E-state index in [1.807, 2.05) is 0 Å². The normalized spacial score (nSPS) is 25.1. The first-order chi connectivity index (χ1) is 8.06. The molecule has 0 aromatic heterocycles. The van der Waals surface area contributed by atoms with E-state index in [2.05, 4.69) is 0 Å². The first-order valence-corrected chi connectivity index (χ1v) is 5.37. The number of rotatable bonds is 4. The van der Waals surface area contributed by atoms with Crippen molar-refractivity contribution in [1.82, 2.24) is 0 Å². The van der Waals surface area contributed by atoms with Crippen LogP contribution in [-0.4, -0.2) is 17.5 Å². The van der Waals surface area contributed by atoms with Crippen molar-refractivity contribution in [1.29, 1.82) is 0 Å². The zero-order valence-corrected chi connectivity index (χ0v) is 9.41. The van der Waals surface area contributed by atoms with Gasteiger partial charge in [0.1, 0.15) is 0 Å². The molecule has 0 saturated carbocycles. The number of nitrogens with two attached hydrogens (primary N) is 1. The molecule has 2 rings (SSSR count). The Morgan fingerprint density at radius 3 is 2.82 bits per heavy atom. The van der Waals surface area contributed by atoms with Gasteiger partial charge in [0.15, 0.2) is 12.6 Å². The minimum atomic E-state index is -0.436. The van der Waals surface area contributed by atoms with Crippen molar-refractivity contribution in [2.45, 2.75) is 32.0 Å². The Hall–Kier alpha value is -1.50. The summed E-state index contributed by atoms with van der Waals surface area (Å²) < 4.78 is 10.5. The van der Waals surface area contributed by atoms with Crippen molar-refractivity contribution in [2.75, 3.05) is 0 Å². The summed E-state index contributed by atoms with van der Waals surface area (Å²) in [6.07, 6.45) is 0.00229. The fourth-order valence-corrected chi connectivity index (χ4v) is 1.76. The highest BCUT2D eigenvalue weighted by Gasteiger charge is 2.29. The van der Waals surface area contributed by atoms with E-state index >= 15 is 0 Å². The predicted molar refractivity (Wildman–Crippen MR) is 60.1 cm³/mol. The third kappa shape index (κ3) is 2.79. The molecule has 6 nitrogen and oxygen atoms in total. The maximum atomic E-state index is 10.6. The molecule has 1 aliphatic rings. The lowest BCUT2D eigenvalue weighted by Gasteiger charge is -2.35. The summed E-state index contributed by atoms with van der Waals surface area (Å²) in [7, 11) is 0. The predicted octanol–water partition coefficient (Wildman–Crippen LogP) is 1.70. The van der Waals surface area contributed by atoms with Crippen LogP contribution in [0.4, 0.5) is 5.69 Å². The van der Waals surface area contributed by atoms with Crippen LogP contribution in [-0.2, 0) is 9.47 Å². The lowest BCUT2D eigenvalue weighted by atomic mass is 10.0. The van der Waals surface area contributed by atoms with Gasteiger partial charge in [-0.3, -0.25) is 10.1 Å². The lowest BCUT2D eigenvalue weighted by Crippen LogP contribution is -2.40. The van der Waals surface area contributed by atoms with Crippen LogP contribution in [0.15, 0.2) is 24.3 Å². The van der Waals surface area contributed by atoms with Gasteiger partial charge in [0, 0.05) is 24.6 Å². The molecule has 1 aromatic carbocycles. The molecule has 0 bridgehead atoms. The smallest absolute Gasteiger partial charge is 0.269 e. The van der Waals surface area contributed by atoms with Gasteiger partial charge < -0.3 is 15.2 Å². The van der Waals surface area contributed by atoms with E-state index in [1.54, 1.807) is 19.1 Å². The number of nitrogens with zero attached hydrogens (tertiary/aromatic N) is 1. The molecule has 0 spiro atoms. The highest BCUT2D eigenvalue weighted by Crippen LogP contribution is 2.26. The van der Waals surface area contributed by atoms with Gasteiger partial charge in [0.2, 0.25) is 0 Å². The maximum Gasteiger partial charge on any atom is 0.269 e. The minimum absolute atomic E-state index is 0.0433. The van der Waals surface area contributed by atoms with Crippen LogP contribution in [0.1, 0.15) is 24.9 Å². The molecule has 1 atom stereocenters. The molecule has 1 aliphatic heterocycles. The summed E-state index contributed by atoms with van der Waals surface area (Å²) in [6.45, 7) is 1.80.